The molecule has 0 aromatic heterocycles. The van der Waals surface area contributed by atoms with Crippen LogP contribution < -0.4 is 9.47 Å². The van der Waals surface area contributed by atoms with Crippen molar-refractivity contribution in [2.75, 3.05) is 32.8 Å². The summed E-state index contributed by atoms with van der Waals surface area (Å²) < 4.78 is 11.2. The maximum atomic E-state index is 11.3. The van der Waals surface area contributed by atoms with Gasteiger partial charge in [0, 0.05) is 38.5 Å². The molecular weight excluding hydrogens is 316 g/mol. The van der Waals surface area contributed by atoms with Crippen LogP contribution in [0, 0.1) is 0 Å². The van der Waals surface area contributed by atoms with Crippen LogP contribution in [0.4, 0.5) is 9.59 Å². The van der Waals surface area contributed by atoms with Gasteiger partial charge in [-0.1, -0.05) is 6.07 Å². The average Bonchev–Trinajstić information content (AvgIpc) is 3.02. The number of hydrogen-bond acceptors (Lipinski definition) is 4. The van der Waals surface area contributed by atoms with Crippen molar-refractivity contribution in [3.63, 3.8) is 0 Å². The number of carbonyl (C=O) groups is 2. The Bertz CT molecular complexity index is 635. The van der Waals surface area contributed by atoms with E-state index in [2.05, 4.69) is 0 Å². The van der Waals surface area contributed by atoms with E-state index in [1.165, 1.54) is 9.80 Å². The quantitative estimate of drug-likeness (QED) is 0.869. The number of rotatable bonds is 4. The summed E-state index contributed by atoms with van der Waals surface area (Å²) in [5.41, 5.74) is 1.16. The molecule has 8 heteroatoms. The molecule has 24 heavy (non-hydrogen) atoms. The minimum atomic E-state index is -1.03. The van der Waals surface area contributed by atoms with Gasteiger partial charge in [-0.3, -0.25) is 0 Å². The molecule has 2 aliphatic heterocycles. The van der Waals surface area contributed by atoms with E-state index in [0.29, 0.717) is 25.4 Å². The Labute approximate surface area is 139 Å². The molecule has 0 saturated carbocycles. The zero-order chi connectivity index (χ0) is 17.1. The summed E-state index contributed by atoms with van der Waals surface area (Å²) in [6.07, 6.45) is -0.734. The molecule has 0 bridgehead atoms. The second-order valence-electron chi connectivity index (χ2n) is 5.86. The minimum Gasteiger partial charge on any atom is -0.493 e. The smallest absolute Gasteiger partial charge is 0.407 e. The third-order valence-corrected chi connectivity index (χ3v) is 4.39. The van der Waals surface area contributed by atoms with Crippen LogP contribution >= 0.6 is 0 Å². The van der Waals surface area contributed by atoms with Gasteiger partial charge in [-0.25, -0.2) is 9.59 Å². The van der Waals surface area contributed by atoms with Crippen molar-refractivity contribution < 1.29 is 29.3 Å². The summed E-state index contributed by atoms with van der Waals surface area (Å²) in [6.45, 7) is 1.53. The summed E-state index contributed by atoms with van der Waals surface area (Å²) >= 11 is 0. The monoisotopic (exact) mass is 336 g/mol. The second kappa shape index (κ2) is 6.86. The normalized spacial score (nSPS) is 19.6. The van der Waals surface area contributed by atoms with Crippen LogP contribution in [0.25, 0.3) is 0 Å². The molecule has 2 heterocycles. The van der Waals surface area contributed by atoms with Crippen molar-refractivity contribution in [2.45, 2.75) is 18.9 Å². The topological polar surface area (TPSA) is 99.5 Å². The van der Waals surface area contributed by atoms with E-state index >= 15 is 0 Å². The van der Waals surface area contributed by atoms with Gasteiger partial charge in [0.2, 0.25) is 0 Å². The summed E-state index contributed by atoms with van der Waals surface area (Å²) in [7, 11) is 0. The van der Waals surface area contributed by atoms with Crippen molar-refractivity contribution in [2.24, 2.45) is 0 Å². The second-order valence-corrected chi connectivity index (χ2v) is 5.86. The first kappa shape index (κ1) is 16.2. The molecule has 130 valence electrons. The fraction of sp³-hybridized carbons (Fsp3) is 0.500. The highest BCUT2D eigenvalue weighted by Gasteiger charge is 2.32. The van der Waals surface area contributed by atoms with Gasteiger partial charge in [-0.2, -0.15) is 0 Å². The molecule has 0 aliphatic carbocycles. The van der Waals surface area contributed by atoms with Crippen LogP contribution in [0.3, 0.4) is 0 Å². The van der Waals surface area contributed by atoms with Crippen LogP contribution in [0.2, 0.25) is 0 Å². The molecule has 1 aromatic rings. The molecule has 2 aliphatic rings. The summed E-state index contributed by atoms with van der Waals surface area (Å²) in [5.74, 6) is 1.50. The molecule has 2 amide bonds. The number of amides is 2. The molecule has 1 fully saturated rings. The molecule has 1 saturated heterocycles. The van der Waals surface area contributed by atoms with Gasteiger partial charge in [0.15, 0.2) is 0 Å². The van der Waals surface area contributed by atoms with Crippen LogP contribution in [-0.2, 0) is 6.42 Å². The first-order chi connectivity index (χ1) is 11.5. The summed E-state index contributed by atoms with van der Waals surface area (Å²) in [4.78, 5) is 24.9. The van der Waals surface area contributed by atoms with E-state index in [1.54, 1.807) is 0 Å². The molecule has 2 N–H and O–H groups in total. The number of fused-ring (bicyclic) bond motifs is 1. The van der Waals surface area contributed by atoms with Crippen LogP contribution in [0.15, 0.2) is 18.2 Å². The van der Waals surface area contributed by atoms with Crippen molar-refractivity contribution >= 4 is 12.2 Å². The Morgan fingerprint density at radius 1 is 1.25 bits per heavy atom. The Hall–Kier alpha value is -2.64. The number of ether oxygens (including phenoxy) is 2. The fourth-order valence-corrected chi connectivity index (χ4v) is 3.08. The maximum absolute atomic E-state index is 11.3. The molecule has 0 spiro atoms. The molecule has 8 nitrogen and oxygen atoms in total. The molecule has 3 rings (SSSR count). The maximum Gasteiger partial charge on any atom is 0.407 e. The van der Waals surface area contributed by atoms with E-state index < -0.39 is 18.2 Å². The largest absolute Gasteiger partial charge is 0.493 e. The first-order valence-electron chi connectivity index (χ1n) is 7.90. The standard InChI is InChI=1S/C16H20N2O6/c19-15(20)17-5-6-18(16(21)22)12(10-17)4-8-23-13-2-1-11-3-7-24-14(11)9-13/h1-2,9,12H,3-8,10H2,(H,19,20)(H,21,22)/t12-/m1/s1. The lowest BCUT2D eigenvalue weighted by Crippen LogP contribution is -2.56. The number of benzene rings is 1. The summed E-state index contributed by atoms with van der Waals surface area (Å²) in [6, 6.07) is 5.26. The van der Waals surface area contributed by atoms with Gasteiger partial charge < -0.3 is 29.5 Å². The van der Waals surface area contributed by atoms with Crippen LogP contribution in [-0.4, -0.2) is 71.1 Å². The van der Waals surface area contributed by atoms with Crippen LogP contribution in [0.1, 0.15) is 12.0 Å². The van der Waals surface area contributed by atoms with Crippen molar-refractivity contribution in [1.29, 1.82) is 0 Å². The third kappa shape index (κ3) is 3.47. The van der Waals surface area contributed by atoms with Gasteiger partial charge in [-0.05, 0) is 11.6 Å². The van der Waals surface area contributed by atoms with Crippen LogP contribution in [0.5, 0.6) is 11.5 Å². The highest BCUT2D eigenvalue weighted by molar-refractivity contribution is 5.68. The van der Waals surface area contributed by atoms with E-state index in [0.717, 1.165) is 17.7 Å². The van der Waals surface area contributed by atoms with E-state index in [1.807, 2.05) is 18.2 Å². The van der Waals surface area contributed by atoms with Crippen molar-refractivity contribution in [3.8, 4) is 11.5 Å². The molecule has 0 radical (unpaired) electrons. The Balaban J connectivity index is 1.56. The van der Waals surface area contributed by atoms with Crippen molar-refractivity contribution in [1.82, 2.24) is 9.80 Å². The van der Waals surface area contributed by atoms with Gasteiger partial charge >= 0.3 is 12.2 Å². The third-order valence-electron chi connectivity index (χ3n) is 4.39. The van der Waals surface area contributed by atoms with E-state index in [9.17, 15) is 14.7 Å². The molecule has 1 atom stereocenters. The van der Waals surface area contributed by atoms with Gasteiger partial charge in [0.05, 0.1) is 19.3 Å². The van der Waals surface area contributed by atoms with Gasteiger partial charge in [0.1, 0.15) is 11.5 Å². The molecular formula is C16H20N2O6. The molecule has 1 aromatic carbocycles. The zero-order valence-electron chi connectivity index (χ0n) is 13.2. The number of carboxylic acid groups (broad SMARTS) is 2. The van der Waals surface area contributed by atoms with E-state index in [-0.39, 0.29) is 19.6 Å². The zero-order valence-corrected chi connectivity index (χ0v) is 13.2. The predicted molar refractivity (Wildman–Crippen MR) is 83.9 cm³/mol. The number of hydrogen-bond donors (Lipinski definition) is 2. The Morgan fingerprint density at radius 3 is 2.83 bits per heavy atom. The van der Waals surface area contributed by atoms with Gasteiger partial charge in [-0.15, -0.1) is 0 Å². The Kier molecular flexibility index (Phi) is 4.64. The minimum absolute atomic E-state index is 0.165. The average molecular weight is 336 g/mol. The first-order valence-corrected chi connectivity index (χ1v) is 7.90. The highest BCUT2D eigenvalue weighted by Crippen LogP contribution is 2.29. The lowest BCUT2D eigenvalue weighted by molar-refractivity contribution is 0.0562. The lowest BCUT2D eigenvalue weighted by Gasteiger charge is -2.38. The fourth-order valence-electron chi connectivity index (χ4n) is 3.08. The Morgan fingerprint density at radius 2 is 2.08 bits per heavy atom. The number of nitrogens with zero attached hydrogens (tertiary/aromatic N) is 2. The van der Waals surface area contributed by atoms with Gasteiger partial charge in [0.25, 0.3) is 0 Å². The number of piperazine rings is 1. The summed E-state index contributed by atoms with van der Waals surface area (Å²) in [5, 5.41) is 18.3. The van der Waals surface area contributed by atoms with E-state index in [4.69, 9.17) is 14.6 Å². The highest BCUT2D eigenvalue weighted by atomic mass is 16.5. The SMILES string of the molecule is O=C(O)N1CCN(C(=O)O)[C@H](CCOc2ccc3c(c2)OCC3)C1. The van der Waals surface area contributed by atoms with Crippen molar-refractivity contribution in [3.05, 3.63) is 23.8 Å². The lowest BCUT2D eigenvalue weighted by atomic mass is 10.1. The predicted octanol–water partition coefficient (Wildman–Crippen LogP) is 1.73. The molecule has 0 unspecified atom stereocenters.